The van der Waals surface area contributed by atoms with Crippen LogP contribution in [0.1, 0.15) is 35.2 Å². The maximum Gasteiger partial charge on any atom is 0.338 e. The first kappa shape index (κ1) is 11.0. The van der Waals surface area contributed by atoms with Crippen molar-refractivity contribution in [3.63, 3.8) is 0 Å². The van der Waals surface area contributed by atoms with Gasteiger partial charge in [0.1, 0.15) is 0 Å². The van der Waals surface area contributed by atoms with E-state index in [2.05, 4.69) is 0 Å². The van der Waals surface area contributed by atoms with Crippen molar-refractivity contribution < 1.29 is 9.53 Å². The van der Waals surface area contributed by atoms with Crippen LogP contribution in [0.5, 0.6) is 0 Å². The third-order valence-corrected chi connectivity index (χ3v) is 3.27. The fourth-order valence-corrected chi connectivity index (χ4v) is 1.81. The lowest BCUT2D eigenvalue weighted by atomic mass is 9.86. The summed E-state index contributed by atoms with van der Waals surface area (Å²) in [6.45, 7) is 2.39. The second kappa shape index (κ2) is 4.56. The van der Waals surface area contributed by atoms with Crippen molar-refractivity contribution in [3.05, 3.63) is 29.3 Å². The Bertz CT molecular complexity index is 397. The molecule has 16 heavy (non-hydrogen) atoms. The second-order valence-corrected chi connectivity index (χ2v) is 4.42. The molecule has 2 N–H and O–H groups in total. The van der Waals surface area contributed by atoms with E-state index in [0.29, 0.717) is 23.8 Å². The van der Waals surface area contributed by atoms with Gasteiger partial charge in [-0.3, -0.25) is 0 Å². The molecule has 0 unspecified atom stereocenters. The number of ether oxygens (including phenoxy) is 1. The molecule has 0 saturated heterocycles. The number of carbonyl (C=O) groups is 1. The molecular formula is C13H17NO2. The van der Waals surface area contributed by atoms with E-state index in [0.717, 1.165) is 5.56 Å². The molecule has 0 heterocycles. The summed E-state index contributed by atoms with van der Waals surface area (Å²) in [5.74, 6) is 0.321. The molecule has 0 spiro atoms. The van der Waals surface area contributed by atoms with Crippen LogP contribution in [0, 0.1) is 12.8 Å². The molecule has 1 fully saturated rings. The first-order valence-electron chi connectivity index (χ1n) is 5.70. The van der Waals surface area contributed by atoms with Gasteiger partial charge in [0.05, 0.1) is 12.2 Å². The summed E-state index contributed by atoms with van der Waals surface area (Å²) in [5.41, 5.74) is 7.77. The molecule has 0 atom stereocenters. The van der Waals surface area contributed by atoms with Crippen LogP contribution in [0.3, 0.4) is 0 Å². The van der Waals surface area contributed by atoms with Crippen molar-refractivity contribution in [2.45, 2.75) is 26.2 Å². The quantitative estimate of drug-likeness (QED) is 0.627. The molecule has 0 radical (unpaired) electrons. The summed E-state index contributed by atoms with van der Waals surface area (Å²) in [5, 5.41) is 0. The Hall–Kier alpha value is -1.51. The van der Waals surface area contributed by atoms with Crippen molar-refractivity contribution in [1.29, 1.82) is 0 Å². The number of anilines is 1. The third-order valence-electron chi connectivity index (χ3n) is 3.27. The number of benzene rings is 1. The van der Waals surface area contributed by atoms with Crippen LogP contribution in [-0.4, -0.2) is 12.6 Å². The maximum atomic E-state index is 11.8. The molecule has 1 aliphatic carbocycles. The number of esters is 1. The van der Waals surface area contributed by atoms with Gasteiger partial charge in [-0.25, -0.2) is 4.79 Å². The number of nitrogens with two attached hydrogens (primary N) is 1. The number of carbonyl (C=O) groups excluding carboxylic acids is 1. The van der Waals surface area contributed by atoms with Crippen molar-refractivity contribution in [2.75, 3.05) is 12.3 Å². The van der Waals surface area contributed by atoms with Gasteiger partial charge in [0.15, 0.2) is 0 Å². The van der Waals surface area contributed by atoms with Gasteiger partial charge in [0, 0.05) is 5.69 Å². The largest absolute Gasteiger partial charge is 0.462 e. The molecule has 2 rings (SSSR count). The van der Waals surface area contributed by atoms with E-state index < -0.39 is 0 Å². The van der Waals surface area contributed by atoms with Gasteiger partial charge in [-0.05, 0) is 43.4 Å². The molecule has 1 saturated carbocycles. The number of hydrogen-bond acceptors (Lipinski definition) is 3. The highest BCUT2D eigenvalue weighted by molar-refractivity contribution is 5.92. The van der Waals surface area contributed by atoms with Gasteiger partial charge in [-0.2, -0.15) is 0 Å². The van der Waals surface area contributed by atoms with Gasteiger partial charge in [-0.1, -0.05) is 12.5 Å². The van der Waals surface area contributed by atoms with E-state index in [4.69, 9.17) is 10.5 Å². The summed E-state index contributed by atoms with van der Waals surface area (Å²) in [4.78, 5) is 11.8. The molecule has 1 aromatic carbocycles. The highest BCUT2D eigenvalue weighted by atomic mass is 16.5. The van der Waals surface area contributed by atoms with Crippen molar-refractivity contribution in [1.82, 2.24) is 0 Å². The third kappa shape index (κ3) is 2.18. The average molecular weight is 219 g/mol. The molecule has 0 bridgehead atoms. The Balaban J connectivity index is 1.99. The molecule has 0 aromatic heterocycles. The zero-order valence-electron chi connectivity index (χ0n) is 9.53. The van der Waals surface area contributed by atoms with Crippen LogP contribution in [0.2, 0.25) is 0 Å². The lowest BCUT2D eigenvalue weighted by molar-refractivity contribution is 0.0371. The number of rotatable bonds is 3. The Labute approximate surface area is 95.6 Å². The van der Waals surface area contributed by atoms with Crippen LogP contribution in [0.25, 0.3) is 0 Å². The lowest BCUT2D eigenvalue weighted by Gasteiger charge is -2.24. The Morgan fingerprint density at radius 2 is 2.25 bits per heavy atom. The summed E-state index contributed by atoms with van der Waals surface area (Å²) in [6.07, 6.45) is 3.63. The smallest absolute Gasteiger partial charge is 0.338 e. The average Bonchev–Trinajstić information content (AvgIpc) is 2.19. The van der Waals surface area contributed by atoms with Gasteiger partial charge >= 0.3 is 5.97 Å². The fraction of sp³-hybridized carbons (Fsp3) is 0.462. The highest BCUT2D eigenvalue weighted by Gasteiger charge is 2.20. The Kier molecular flexibility index (Phi) is 3.13. The molecule has 3 nitrogen and oxygen atoms in total. The first-order chi connectivity index (χ1) is 7.68. The SMILES string of the molecule is Cc1c(N)cccc1C(=O)OCC1CCC1. The zero-order chi connectivity index (χ0) is 11.5. The summed E-state index contributed by atoms with van der Waals surface area (Å²) in [6, 6.07) is 5.33. The summed E-state index contributed by atoms with van der Waals surface area (Å²) < 4.78 is 5.27. The summed E-state index contributed by atoms with van der Waals surface area (Å²) in [7, 11) is 0. The zero-order valence-corrected chi connectivity index (χ0v) is 9.53. The van der Waals surface area contributed by atoms with Crippen molar-refractivity contribution >= 4 is 11.7 Å². The molecule has 86 valence electrons. The summed E-state index contributed by atoms with van der Waals surface area (Å²) >= 11 is 0. The van der Waals surface area contributed by atoms with Crippen molar-refractivity contribution in [3.8, 4) is 0 Å². The van der Waals surface area contributed by atoms with Gasteiger partial charge in [0.25, 0.3) is 0 Å². The van der Waals surface area contributed by atoms with Gasteiger partial charge < -0.3 is 10.5 Å². The molecule has 0 amide bonds. The normalized spacial score (nSPS) is 15.6. The lowest BCUT2D eigenvalue weighted by Crippen LogP contribution is -2.20. The van der Waals surface area contributed by atoms with Crippen molar-refractivity contribution in [2.24, 2.45) is 5.92 Å². The topological polar surface area (TPSA) is 52.3 Å². The maximum absolute atomic E-state index is 11.8. The molecule has 0 aliphatic heterocycles. The molecule has 1 aromatic rings. The van der Waals surface area contributed by atoms with E-state index in [9.17, 15) is 4.79 Å². The van der Waals surface area contributed by atoms with E-state index in [1.54, 1.807) is 18.2 Å². The number of nitrogen functional groups attached to an aromatic ring is 1. The van der Waals surface area contributed by atoms with E-state index >= 15 is 0 Å². The van der Waals surface area contributed by atoms with Crippen LogP contribution < -0.4 is 5.73 Å². The number of hydrogen-bond donors (Lipinski definition) is 1. The molecular weight excluding hydrogens is 202 g/mol. The predicted molar refractivity (Wildman–Crippen MR) is 63.2 cm³/mol. The van der Waals surface area contributed by atoms with Gasteiger partial charge in [-0.15, -0.1) is 0 Å². The van der Waals surface area contributed by atoms with E-state index in [1.165, 1.54) is 19.3 Å². The minimum Gasteiger partial charge on any atom is -0.462 e. The first-order valence-corrected chi connectivity index (χ1v) is 5.70. The monoisotopic (exact) mass is 219 g/mol. The van der Waals surface area contributed by atoms with Crippen LogP contribution in [0.15, 0.2) is 18.2 Å². The van der Waals surface area contributed by atoms with E-state index in [1.807, 2.05) is 6.92 Å². The Morgan fingerprint density at radius 3 is 2.88 bits per heavy atom. The second-order valence-electron chi connectivity index (χ2n) is 4.42. The van der Waals surface area contributed by atoms with Crippen LogP contribution in [0.4, 0.5) is 5.69 Å². The minimum absolute atomic E-state index is 0.253. The standard InChI is InChI=1S/C13H17NO2/c1-9-11(6-3-7-12(9)14)13(15)16-8-10-4-2-5-10/h3,6-7,10H,2,4-5,8,14H2,1H3. The predicted octanol–water partition coefficient (Wildman–Crippen LogP) is 2.53. The van der Waals surface area contributed by atoms with Crippen LogP contribution >= 0.6 is 0 Å². The Morgan fingerprint density at radius 1 is 1.50 bits per heavy atom. The fourth-order valence-electron chi connectivity index (χ4n) is 1.81. The van der Waals surface area contributed by atoms with E-state index in [-0.39, 0.29) is 5.97 Å². The van der Waals surface area contributed by atoms with Crippen LogP contribution in [-0.2, 0) is 4.74 Å². The molecule has 1 aliphatic rings. The minimum atomic E-state index is -0.253. The van der Waals surface area contributed by atoms with Gasteiger partial charge in [0.2, 0.25) is 0 Å². The molecule has 3 heteroatoms. The highest BCUT2D eigenvalue weighted by Crippen LogP contribution is 2.26.